The molecule has 0 fully saturated rings. The number of ether oxygens (including phenoxy) is 1. The van der Waals surface area contributed by atoms with Crippen LogP contribution < -0.4 is 15.5 Å². The second-order valence-corrected chi connectivity index (χ2v) is 7.74. The lowest BCUT2D eigenvalue weighted by atomic mass is 10.0. The molecule has 0 aliphatic heterocycles. The molecule has 0 unspecified atom stereocenters. The molecule has 166 valence electrons. The molecule has 0 bridgehead atoms. The molecule has 2 aromatic carbocycles. The lowest BCUT2D eigenvalue weighted by Crippen LogP contribution is -2.25. The SMILES string of the molecule is COc1ccc(C(=O)c2cn(CC(=O)Nc3ccccc3C)c3nc(C)ccc3c2=O)cc1. The first-order valence-electron chi connectivity index (χ1n) is 10.4. The lowest BCUT2D eigenvalue weighted by Gasteiger charge is -2.14. The highest BCUT2D eigenvalue weighted by atomic mass is 16.5. The number of methoxy groups -OCH3 is 1. The third-order valence-electron chi connectivity index (χ3n) is 5.39. The molecule has 0 aliphatic rings. The number of anilines is 1. The summed E-state index contributed by atoms with van der Waals surface area (Å²) in [7, 11) is 1.54. The Morgan fingerprint density at radius 1 is 1.00 bits per heavy atom. The first-order chi connectivity index (χ1) is 15.9. The first-order valence-corrected chi connectivity index (χ1v) is 10.4. The van der Waals surface area contributed by atoms with Crippen molar-refractivity contribution in [1.29, 1.82) is 0 Å². The fraction of sp³-hybridized carbons (Fsp3) is 0.154. The van der Waals surface area contributed by atoms with Crippen molar-refractivity contribution in [2.45, 2.75) is 20.4 Å². The highest BCUT2D eigenvalue weighted by molar-refractivity contribution is 6.10. The van der Waals surface area contributed by atoms with E-state index in [4.69, 9.17) is 4.74 Å². The van der Waals surface area contributed by atoms with Gasteiger partial charge in [0.1, 0.15) is 17.9 Å². The number of amides is 1. The predicted molar refractivity (Wildman–Crippen MR) is 127 cm³/mol. The Kier molecular flexibility index (Phi) is 6.04. The zero-order valence-electron chi connectivity index (χ0n) is 18.6. The smallest absolute Gasteiger partial charge is 0.244 e. The van der Waals surface area contributed by atoms with Crippen LogP contribution in [0.5, 0.6) is 5.75 Å². The zero-order valence-corrected chi connectivity index (χ0v) is 18.6. The van der Waals surface area contributed by atoms with Crippen molar-refractivity contribution in [1.82, 2.24) is 9.55 Å². The minimum atomic E-state index is -0.432. The standard InChI is InChI=1S/C26H23N3O4/c1-16-6-4-5-7-22(16)28-23(30)15-29-14-21(24(31)18-9-11-19(33-3)12-10-18)25(32)20-13-8-17(2)27-26(20)29/h4-14H,15H2,1-3H3,(H,28,30). The summed E-state index contributed by atoms with van der Waals surface area (Å²) in [5.74, 6) is -0.117. The van der Waals surface area contributed by atoms with Crippen molar-refractivity contribution in [2.24, 2.45) is 0 Å². The minimum Gasteiger partial charge on any atom is -0.497 e. The molecule has 0 atom stereocenters. The second kappa shape index (κ2) is 9.08. The van der Waals surface area contributed by atoms with Gasteiger partial charge in [0.2, 0.25) is 11.3 Å². The van der Waals surface area contributed by atoms with Gasteiger partial charge in [0.25, 0.3) is 0 Å². The van der Waals surface area contributed by atoms with Crippen molar-refractivity contribution in [2.75, 3.05) is 12.4 Å². The Bertz CT molecular complexity index is 1420. The van der Waals surface area contributed by atoms with Gasteiger partial charge in [0, 0.05) is 23.1 Å². The number of nitrogens with one attached hydrogen (secondary N) is 1. The number of hydrogen-bond acceptors (Lipinski definition) is 5. The quantitative estimate of drug-likeness (QED) is 0.459. The molecule has 4 aromatic rings. The van der Waals surface area contributed by atoms with Crippen molar-refractivity contribution >= 4 is 28.4 Å². The Morgan fingerprint density at radius 3 is 2.42 bits per heavy atom. The van der Waals surface area contributed by atoms with E-state index in [9.17, 15) is 14.4 Å². The van der Waals surface area contributed by atoms with Gasteiger partial charge in [-0.05, 0) is 61.9 Å². The van der Waals surface area contributed by atoms with E-state index in [1.165, 1.54) is 13.3 Å². The van der Waals surface area contributed by atoms with Gasteiger partial charge in [-0.3, -0.25) is 14.4 Å². The molecule has 4 rings (SSSR count). The van der Waals surface area contributed by atoms with Crippen molar-refractivity contribution in [3.8, 4) is 5.75 Å². The molecule has 0 spiro atoms. The maximum atomic E-state index is 13.2. The number of ketones is 1. The number of aromatic nitrogens is 2. The van der Waals surface area contributed by atoms with Crippen LogP contribution in [0.2, 0.25) is 0 Å². The predicted octanol–water partition coefficient (Wildman–Crippen LogP) is 3.89. The molecule has 2 aromatic heterocycles. The number of rotatable bonds is 6. The molecule has 2 heterocycles. The number of carbonyl (C=O) groups is 2. The van der Waals surface area contributed by atoms with E-state index in [2.05, 4.69) is 10.3 Å². The summed E-state index contributed by atoms with van der Waals surface area (Å²) in [5.41, 5.74) is 2.58. The maximum absolute atomic E-state index is 13.2. The second-order valence-electron chi connectivity index (χ2n) is 7.74. The van der Waals surface area contributed by atoms with Gasteiger partial charge in [0.15, 0.2) is 5.78 Å². The van der Waals surface area contributed by atoms with E-state index in [0.717, 1.165) is 5.56 Å². The van der Waals surface area contributed by atoms with Gasteiger partial charge in [0.05, 0.1) is 18.1 Å². The molecule has 7 heteroatoms. The van der Waals surface area contributed by atoms with Gasteiger partial charge in [-0.25, -0.2) is 4.98 Å². The number of carbonyl (C=O) groups excluding carboxylic acids is 2. The Morgan fingerprint density at radius 2 is 1.73 bits per heavy atom. The van der Waals surface area contributed by atoms with E-state index in [0.29, 0.717) is 28.3 Å². The number of benzene rings is 2. The van der Waals surface area contributed by atoms with Crippen LogP contribution in [0.15, 0.2) is 71.7 Å². The fourth-order valence-corrected chi connectivity index (χ4v) is 3.60. The van der Waals surface area contributed by atoms with Crippen molar-refractivity contribution < 1.29 is 14.3 Å². The largest absolute Gasteiger partial charge is 0.497 e. The average Bonchev–Trinajstić information content (AvgIpc) is 2.82. The molecular formula is C26H23N3O4. The Labute approximate surface area is 190 Å². The topological polar surface area (TPSA) is 90.3 Å². The summed E-state index contributed by atoms with van der Waals surface area (Å²) in [6.07, 6.45) is 1.42. The molecule has 0 saturated carbocycles. The van der Waals surface area contributed by atoms with Gasteiger partial charge < -0.3 is 14.6 Å². The van der Waals surface area contributed by atoms with Crippen molar-refractivity contribution in [3.63, 3.8) is 0 Å². The number of pyridine rings is 2. The number of para-hydroxylation sites is 1. The molecule has 1 amide bonds. The molecule has 0 aliphatic carbocycles. The number of hydrogen-bond donors (Lipinski definition) is 1. The molecule has 33 heavy (non-hydrogen) atoms. The summed E-state index contributed by atoms with van der Waals surface area (Å²) in [6.45, 7) is 3.60. The monoisotopic (exact) mass is 441 g/mol. The zero-order chi connectivity index (χ0) is 23.5. The maximum Gasteiger partial charge on any atom is 0.244 e. The van der Waals surface area contributed by atoms with Crippen LogP contribution in [0.25, 0.3) is 11.0 Å². The van der Waals surface area contributed by atoms with Crippen LogP contribution >= 0.6 is 0 Å². The highest BCUT2D eigenvalue weighted by Gasteiger charge is 2.19. The van der Waals surface area contributed by atoms with Crippen LogP contribution in [-0.4, -0.2) is 28.4 Å². The first kappa shape index (κ1) is 22.0. The third kappa shape index (κ3) is 4.52. The summed E-state index contributed by atoms with van der Waals surface area (Å²) < 4.78 is 6.69. The Balaban J connectivity index is 1.76. The van der Waals surface area contributed by atoms with Gasteiger partial charge in [-0.15, -0.1) is 0 Å². The normalized spacial score (nSPS) is 10.8. The van der Waals surface area contributed by atoms with E-state index < -0.39 is 11.2 Å². The number of aryl methyl sites for hydroxylation is 2. The van der Waals surface area contributed by atoms with E-state index in [1.807, 2.05) is 31.2 Å². The van der Waals surface area contributed by atoms with Gasteiger partial charge in [-0.2, -0.15) is 0 Å². The van der Waals surface area contributed by atoms with Crippen molar-refractivity contribution in [3.05, 3.63) is 99.5 Å². The summed E-state index contributed by atoms with van der Waals surface area (Å²) in [4.78, 5) is 43.6. The summed E-state index contributed by atoms with van der Waals surface area (Å²) in [6, 6.07) is 17.3. The van der Waals surface area contributed by atoms with Crippen LogP contribution in [-0.2, 0) is 11.3 Å². The van der Waals surface area contributed by atoms with E-state index >= 15 is 0 Å². The summed E-state index contributed by atoms with van der Waals surface area (Å²) in [5, 5.41) is 3.16. The summed E-state index contributed by atoms with van der Waals surface area (Å²) >= 11 is 0. The minimum absolute atomic E-state index is 0.0259. The molecule has 0 saturated heterocycles. The van der Waals surface area contributed by atoms with Gasteiger partial charge in [-0.1, -0.05) is 18.2 Å². The fourth-order valence-electron chi connectivity index (χ4n) is 3.60. The third-order valence-corrected chi connectivity index (χ3v) is 5.39. The van der Waals surface area contributed by atoms with Crippen LogP contribution in [0, 0.1) is 13.8 Å². The molecule has 1 N–H and O–H groups in total. The molecule has 7 nitrogen and oxygen atoms in total. The lowest BCUT2D eigenvalue weighted by molar-refractivity contribution is -0.116. The highest BCUT2D eigenvalue weighted by Crippen LogP contribution is 2.18. The Hall–Kier alpha value is -4.26. The number of fused-ring (bicyclic) bond motifs is 1. The van der Waals surface area contributed by atoms with E-state index in [-0.39, 0.29) is 23.4 Å². The van der Waals surface area contributed by atoms with Crippen LogP contribution in [0.3, 0.4) is 0 Å². The molecule has 0 radical (unpaired) electrons. The number of nitrogens with zero attached hydrogens (tertiary/aromatic N) is 2. The van der Waals surface area contributed by atoms with Gasteiger partial charge >= 0.3 is 0 Å². The van der Waals surface area contributed by atoms with Crippen LogP contribution in [0.4, 0.5) is 5.69 Å². The molecular weight excluding hydrogens is 418 g/mol. The van der Waals surface area contributed by atoms with Crippen LogP contribution in [0.1, 0.15) is 27.2 Å². The van der Waals surface area contributed by atoms with E-state index in [1.54, 1.807) is 47.9 Å². The average molecular weight is 441 g/mol.